The first-order valence-electron chi connectivity index (χ1n) is 12.6. The molecule has 0 bridgehead atoms. The molecule has 2 aromatic rings. The minimum absolute atomic E-state index is 0.109. The molecule has 2 amide bonds. The Morgan fingerprint density at radius 1 is 1.14 bits per heavy atom. The summed E-state index contributed by atoms with van der Waals surface area (Å²) in [6.07, 6.45) is 5.95. The molecule has 1 atom stereocenters. The minimum atomic E-state index is -0.601. The lowest BCUT2D eigenvalue weighted by molar-refractivity contribution is -0.143. The fourth-order valence-corrected chi connectivity index (χ4v) is 5.20. The Balaban J connectivity index is 1.77. The topological polar surface area (TPSA) is 58.6 Å². The molecule has 7 heteroatoms. The summed E-state index contributed by atoms with van der Waals surface area (Å²) in [7, 11) is 0. The van der Waals surface area contributed by atoms with Gasteiger partial charge in [0.15, 0.2) is 6.61 Å². The molecule has 1 aliphatic carbocycles. The van der Waals surface area contributed by atoms with Crippen molar-refractivity contribution in [3.63, 3.8) is 0 Å². The van der Waals surface area contributed by atoms with Crippen LogP contribution in [-0.4, -0.2) is 35.4 Å². The molecule has 0 aliphatic heterocycles. The van der Waals surface area contributed by atoms with E-state index in [9.17, 15) is 9.59 Å². The quantitative estimate of drug-likeness (QED) is 0.343. The molecule has 0 aromatic heterocycles. The van der Waals surface area contributed by atoms with Gasteiger partial charge in [-0.05, 0) is 70.4 Å². The maximum absolute atomic E-state index is 13.5. The van der Waals surface area contributed by atoms with Gasteiger partial charge in [0.05, 0.1) is 4.47 Å². The summed E-state index contributed by atoms with van der Waals surface area (Å²) in [6.45, 7) is 6.26. The van der Waals surface area contributed by atoms with Gasteiger partial charge in [0, 0.05) is 17.6 Å². The van der Waals surface area contributed by atoms with E-state index >= 15 is 0 Å². The van der Waals surface area contributed by atoms with Gasteiger partial charge in [0.2, 0.25) is 5.91 Å². The molecule has 2 aromatic carbocycles. The molecule has 1 aliphatic rings. The first-order valence-corrected chi connectivity index (χ1v) is 13.7. The van der Waals surface area contributed by atoms with Crippen LogP contribution >= 0.6 is 27.5 Å². The van der Waals surface area contributed by atoms with E-state index in [2.05, 4.69) is 35.1 Å². The maximum atomic E-state index is 13.5. The molecule has 0 heterocycles. The fourth-order valence-electron chi connectivity index (χ4n) is 4.49. The van der Waals surface area contributed by atoms with E-state index in [4.69, 9.17) is 16.3 Å². The molecule has 0 radical (unpaired) electrons. The van der Waals surface area contributed by atoms with E-state index in [1.165, 1.54) is 12.0 Å². The van der Waals surface area contributed by atoms with E-state index in [1.54, 1.807) is 11.0 Å². The van der Waals surface area contributed by atoms with Crippen LogP contribution in [0.4, 0.5) is 0 Å². The molecule has 1 N–H and O–H groups in total. The number of nitrogens with one attached hydrogen (secondary N) is 1. The van der Waals surface area contributed by atoms with Crippen LogP contribution in [0.3, 0.4) is 0 Å². The van der Waals surface area contributed by atoms with Crippen LogP contribution < -0.4 is 10.1 Å². The zero-order valence-electron chi connectivity index (χ0n) is 20.9. The summed E-state index contributed by atoms with van der Waals surface area (Å²) in [5, 5.41) is 3.76. The van der Waals surface area contributed by atoms with Crippen molar-refractivity contribution >= 4 is 39.3 Å². The third-order valence-corrected chi connectivity index (χ3v) is 7.60. The second-order valence-electron chi connectivity index (χ2n) is 9.51. The van der Waals surface area contributed by atoms with Gasteiger partial charge < -0.3 is 15.0 Å². The number of amides is 2. The number of ether oxygens (including phenoxy) is 1. The number of carbonyl (C=O) groups is 2. The highest BCUT2D eigenvalue weighted by Crippen LogP contribution is 2.29. The molecule has 5 nitrogen and oxygen atoms in total. The molecule has 1 unspecified atom stereocenters. The van der Waals surface area contributed by atoms with E-state index in [0.29, 0.717) is 23.1 Å². The standard InChI is InChI=1S/C28H36BrClN2O3/c1-4-25(28(34)31-22-11-6-5-7-12-22)32(17-21-10-8-9-13-24(21)30)27(33)18-35-26-15-14-20(19(2)3)16-23(26)29/h8-10,13-16,19,22,25H,4-7,11-12,17-18H2,1-3H3,(H,31,34). The Labute approximate surface area is 222 Å². The van der Waals surface area contributed by atoms with E-state index in [-0.39, 0.29) is 31.0 Å². The lowest BCUT2D eigenvalue weighted by atomic mass is 9.95. The summed E-state index contributed by atoms with van der Waals surface area (Å²) in [5.41, 5.74) is 1.98. The Bertz CT molecular complexity index is 1010. The number of carbonyl (C=O) groups excluding carboxylic acids is 2. The van der Waals surface area contributed by atoms with E-state index in [0.717, 1.165) is 35.7 Å². The number of halogens is 2. The van der Waals surface area contributed by atoms with Crippen molar-refractivity contribution in [3.8, 4) is 5.75 Å². The van der Waals surface area contributed by atoms with Gasteiger partial charge in [-0.1, -0.05) is 75.9 Å². The number of rotatable bonds is 10. The summed E-state index contributed by atoms with van der Waals surface area (Å²) in [6, 6.07) is 12.9. The first kappa shape index (κ1) is 27.5. The smallest absolute Gasteiger partial charge is 0.261 e. The van der Waals surface area contributed by atoms with Gasteiger partial charge in [-0.15, -0.1) is 0 Å². The summed E-state index contributed by atoms with van der Waals surface area (Å²) in [5.74, 6) is 0.624. The third kappa shape index (κ3) is 7.71. The average Bonchev–Trinajstić information content (AvgIpc) is 2.84. The normalized spacial score (nSPS) is 15.0. The van der Waals surface area contributed by atoms with Crippen LogP contribution in [0.5, 0.6) is 5.75 Å². The predicted molar refractivity (Wildman–Crippen MR) is 145 cm³/mol. The number of hydrogen-bond acceptors (Lipinski definition) is 3. The number of benzene rings is 2. The Morgan fingerprint density at radius 2 is 1.86 bits per heavy atom. The molecular weight excluding hydrogens is 528 g/mol. The molecule has 190 valence electrons. The van der Waals surface area contributed by atoms with Crippen molar-refractivity contribution in [2.24, 2.45) is 0 Å². The SMILES string of the molecule is CCC(C(=O)NC1CCCCC1)N(Cc1ccccc1Cl)C(=O)COc1ccc(C(C)C)cc1Br. The van der Waals surface area contributed by atoms with Crippen molar-refractivity contribution < 1.29 is 14.3 Å². The monoisotopic (exact) mass is 562 g/mol. The molecular formula is C28H36BrClN2O3. The summed E-state index contributed by atoms with van der Waals surface area (Å²) < 4.78 is 6.71. The zero-order chi connectivity index (χ0) is 25.4. The van der Waals surface area contributed by atoms with E-state index in [1.807, 2.05) is 43.3 Å². The molecule has 0 spiro atoms. The molecule has 1 fully saturated rings. The van der Waals surface area contributed by atoms with Gasteiger partial charge in [-0.3, -0.25) is 9.59 Å². The number of nitrogens with zero attached hydrogens (tertiary/aromatic N) is 1. The van der Waals surface area contributed by atoms with Gasteiger partial charge in [0.1, 0.15) is 11.8 Å². The van der Waals surface area contributed by atoms with Gasteiger partial charge in [-0.2, -0.15) is 0 Å². The van der Waals surface area contributed by atoms with Crippen LogP contribution in [0.15, 0.2) is 46.9 Å². The van der Waals surface area contributed by atoms with E-state index < -0.39 is 6.04 Å². The molecule has 3 rings (SSSR count). The summed E-state index contributed by atoms with van der Waals surface area (Å²) in [4.78, 5) is 28.4. The lowest BCUT2D eigenvalue weighted by Crippen LogP contribution is -2.52. The summed E-state index contributed by atoms with van der Waals surface area (Å²) >= 11 is 9.97. The van der Waals surface area contributed by atoms with Crippen LogP contribution in [0.25, 0.3) is 0 Å². The van der Waals surface area contributed by atoms with Crippen molar-refractivity contribution in [2.75, 3.05) is 6.61 Å². The largest absolute Gasteiger partial charge is 0.483 e. The third-order valence-electron chi connectivity index (χ3n) is 6.61. The maximum Gasteiger partial charge on any atom is 0.261 e. The predicted octanol–water partition coefficient (Wildman–Crippen LogP) is 6.86. The van der Waals surface area contributed by atoms with Gasteiger partial charge >= 0.3 is 0 Å². The van der Waals surface area contributed by atoms with Crippen molar-refractivity contribution in [1.82, 2.24) is 10.2 Å². The Morgan fingerprint density at radius 3 is 2.49 bits per heavy atom. The first-order chi connectivity index (χ1) is 16.8. The van der Waals surface area contributed by atoms with Gasteiger partial charge in [0.25, 0.3) is 5.91 Å². The average molecular weight is 564 g/mol. The lowest BCUT2D eigenvalue weighted by Gasteiger charge is -2.33. The van der Waals surface area contributed by atoms with Crippen molar-refractivity contribution in [2.45, 2.75) is 83.8 Å². The highest BCUT2D eigenvalue weighted by Gasteiger charge is 2.31. The fraction of sp³-hybridized carbons (Fsp3) is 0.500. The zero-order valence-corrected chi connectivity index (χ0v) is 23.2. The highest BCUT2D eigenvalue weighted by atomic mass is 79.9. The highest BCUT2D eigenvalue weighted by molar-refractivity contribution is 9.10. The van der Waals surface area contributed by atoms with Crippen molar-refractivity contribution in [1.29, 1.82) is 0 Å². The Hall–Kier alpha value is -2.05. The molecule has 0 saturated heterocycles. The second-order valence-corrected chi connectivity index (χ2v) is 10.8. The van der Waals surface area contributed by atoms with Crippen LogP contribution in [0.1, 0.15) is 76.3 Å². The minimum Gasteiger partial charge on any atom is -0.483 e. The Kier molecular flexibility index (Phi) is 10.5. The molecule has 35 heavy (non-hydrogen) atoms. The van der Waals surface area contributed by atoms with Gasteiger partial charge in [-0.25, -0.2) is 0 Å². The second kappa shape index (κ2) is 13.3. The number of hydrogen-bond donors (Lipinski definition) is 1. The van der Waals surface area contributed by atoms with Crippen LogP contribution in [0, 0.1) is 0 Å². The van der Waals surface area contributed by atoms with Crippen molar-refractivity contribution in [3.05, 3.63) is 63.1 Å². The van der Waals surface area contributed by atoms with Crippen LogP contribution in [-0.2, 0) is 16.1 Å². The molecule has 1 saturated carbocycles. The van der Waals surface area contributed by atoms with Crippen LogP contribution in [0.2, 0.25) is 5.02 Å².